The van der Waals surface area contributed by atoms with Gasteiger partial charge in [0.1, 0.15) is 11.6 Å². The first-order valence-electron chi connectivity index (χ1n) is 14.9. The van der Waals surface area contributed by atoms with Crippen molar-refractivity contribution in [3.8, 4) is 28.1 Å². The number of hydrogen-bond donors (Lipinski definition) is 2. The van der Waals surface area contributed by atoms with Crippen molar-refractivity contribution in [3.63, 3.8) is 0 Å². The van der Waals surface area contributed by atoms with Gasteiger partial charge in [-0.15, -0.1) is 0 Å². The quantitative estimate of drug-likeness (QED) is 0.145. The number of rotatable bonds is 10. The number of anilines is 1. The highest BCUT2D eigenvalue weighted by atomic mass is 35.5. The monoisotopic (exact) mass is 668 g/mol. The molecule has 5 rings (SSSR count). The zero-order chi connectivity index (χ0) is 33.5. The molecule has 2 N–H and O–H groups in total. The van der Waals surface area contributed by atoms with Crippen molar-refractivity contribution in [3.05, 3.63) is 124 Å². The van der Waals surface area contributed by atoms with E-state index in [0.717, 1.165) is 33.6 Å². The normalized spacial score (nSPS) is 11.1. The molecule has 0 fully saturated rings. The second-order valence-corrected chi connectivity index (χ2v) is 11.9. The van der Waals surface area contributed by atoms with Gasteiger partial charge in [0.05, 0.1) is 36.2 Å². The van der Waals surface area contributed by atoms with Gasteiger partial charge in [-0.05, 0) is 84.6 Å². The van der Waals surface area contributed by atoms with E-state index in [1.807, 2.05) is 97.4 Å². The summed E-state index contributed by atoms with van der Waals surface area (Å²) in [4.78, 5) is 29.0. The Morgan fingerprint density at radius 1 is 0.894 bits per heavy atom. The summed E-state index contributed by atoms with van der Waals surface area (Å²) in [7, 11) is 2.94. The van der Waals surface area contributed by atoms with Gasteiger partial charge in [0, 0.05) is 29.4 Å². The average molecular weight is 670 g/mol. The molecule has 0 atom stereocenters. The average Bonchev–Trinajstić information content (AvgIpc) is 3.45. The number of methoxy groups -OCH3 is 2. The highest BCUT2D eigenvalue weighted by molar-refractivity contribution is 6.36. The molecule has 0 aliphatic heterocycles. The molecule has 2 amide bonds. The van der Waals surface area contributed by atoms with Crippen LogP contribution in [0, 0.1) is 0 Å². The molecule has 4 aromatic carbocycles. The number of aromatic nitrogens is 2. The first-order chi connectivity index (χ1) is 22.6. The SMILES string of the molecule is COC(=O)c1ccc(Cn2cc(-c3ccc(Cl)cc3Cl)nc2C=Cc2ccc(-c3ccc(NC(=O)NC(C)C)c(OC)c3)cc2)cc1. The Morgan fingerprint density at radius 2 is 1.62 bits per heavy atom. The van der Waals surface area contributed by atoms with Gasteiger partial charge in [-0.3, -0.25) is 0 Å². The number of nitrogens with one attached hydrogen (secondary N) is 2. The Hall–Kier alpha value is -5.05. The van der Waals surface area contributed by atoms with Gasteiger partial charge in [0.15, 0.2) is 0 Å². The number of esters is 1. The van der Waals surface area contributed by atoms with Crippen LogP contribution < -0.4 is 15.4 Å². The minimum Gasteiger partial charge on any atom is -0.495 e. The zero-order valence-electron chi connectivity index (χ0n) is 26.4. The molecule has 1 heterocycles. The summed E-state index contributed by atoms with van der Waals surface area (Å²) < 4.78 is 12.4. The van der Waals surface area contributed by atoms with Crippen molar-refractivity contribution < 1.29 is 19.1 Å². The van der Waals surface area contributed by atoms with Gasteiger partial charge in [-0.25, -0.2) is 14.6 Å². The summed E-state index contributed by atoms with van der Waals surface area (Å²) in [6, 6.07) is 26.1. The maximum atomic E-state index is 12.2. The van der Waals surface area contributed by atoms with E-state index >= 15 is 0 Å². The number of carbonyl (C=O) groups is 2. The Morgan fingerprint density at radius 3 is 2.28 bits per heavy atom. The number of benzene rings is 4. The van der Waals surface area contributed by atoms with Crippen LogP contribution in [0.25, 0.3) is 34.5 Å². The van der Waals surface area contributed by atoms with Crippen LogP contribution >= 0.6 is 23.2 Å². The Bertz CT molecular complexity index is 1920. The molecule has 240 valence electrons. The highest BCUT2D eigenvalue weighted by Gasteiger charge is 2.14. The zero-order valence-corrected chi connectivity index (χ0v) is 27.9. The van der Waals surface area contributed by atoms with E-state index in [4.69, 9.17) is 37.7 Å². The molecule has 10 heteroatoms. The number of hydrogen-bond acceptors (Lipinski definition) is 5. The molecule has 0 aliphatic rings. The molecule has 0 aliphatic carbocycles. The lowest BCUT2D eigenvalue weighted by atomic mass is 10.0. The van der Waals surface area contributed by atoms with Crippen molar-refractivity contribution in [2.24, 2.45) is 0 Å². The first kappa shape index (κ1) is 33.3. The van der Waals surface area contributed by atoms with Crippen LogP contribution in [0.1, 0.15) is 41.2 Å². The summed E-state index contributed by atoms with van der Waals surface area (Å²) in [6.45, 7) is 4.32. The number of nitrogens with zero attached hydrogens (tertiary/aromatic N) is 2. The minimum absolute atomic E-state index is 0.0172. The molecular formula is C37H34Cl2N4O4. The van der Waals surface area contributed by atoms with E-state index in [1.165, 1.54) is 7.11 Å². The fraction of sp³-hybridized carbons (Fsp3) is 0.162. The molecular weight excluding hydrogens is 635 g/mol. The smallest absolute Gasteiger partial charge is 0.337 e. The van der Waals surface area contributed by atoms with Crippen LogP contribution in [0.3, 0.4) is 0 Å². The molecule has 0 saturated heterocycles. The molecule has 0 spiro atoms. The van der Waals surface area contributed by atoms with E-state index < -0.39 is 0 Å². The lowest BCUT2D eigenvalue weighted by Gasteiger charge is -2.14. The topological polar surface area (TPSA) is 94.5 Å². The predicted molar refractivity (Wildman–Crippen MR) is 189 cm³/mol. The van der Waals surface area contributed by atoms with Crippen LogP contribution in [0.15, 0.2) is 91.1 Å². The van der Waals surface area contributed by atoms with Gasteiger partial charge < -0.3 is 24.7 Å². The Labute approximate surface area is 284 Å². The van der Waals surface area contributed by atoms with E-state index in [0.29, 0.717) is 39.3 Å². The summed E-state index contributed by atoms with van der Waals surface area (Å²) >= 11 is 12.7. The second-order valence-electron chi connectivity index (χ2n) is 11.0. The van der Waals surface area contributed by atoms with Crippen molar-refractivity contribution in [1.29, 1.82) is 0 Å². The second kappa shape index (κ2) is 15.0. The van der Waals surface area contributed by atoms with E-state index in [9.17, 15) is 9.59 Å². The lowest BCUT2D eigenvalue weighted by Crippen LogP contribution is -2.34. The predicted octanol–water partition coefficient (Wildman–Crippen LogP) is 9.07. The number of amides is 2. The summed E-state index contributed by atoms with van der Waals surface area (Å²) in [5.74, 6) is 0.906. The van der Waals surface area contributed by atoms with Crippen molar-refractivity contribution in [2.75, 3.05) is 19.5 Å². The van der Waals surface area contributed by atoms with Crippen molar-refractivity contribution >= 4 is 53.0 Å². The Balaban J connectivity index is 1.39. The van der Waals surface area contributed by atoms with Crippen LogP contribution in [0.5, 0.6) is 5.75 Å². The maximum Gasteiger partial charge on any atom is 0.337 e. The summed E-state index contributed by atoms with van der Waals surface area (Å²) in [6.07, 6.45) is 5.90. The van der Waals surface area contributed by atoms with Crippen LogP contribution in [0.4, 0.5) is 10.5 Å². The number of ether oxygens (including phenoxy) is 2. The standard InChI is InChI=1S/C37H34Cl2N4O4/c1-23(2)40-37(45)42-32-17-14-28(19-34(32)46-3)26-10-5-24(6-11-26)9-18-35-41-33(30-16-15-29(38)20-31(30)39)22-43(35)21-25-7-12-27(13-8-25)36(44)47-4/h5-20,22-23H,21H2,1-4H3,(H2,40,42,45). The molecule has 8 nitrogen and oxygen atoms in total. The van der Waals surface area contributed by atoms with Crippen LogP contribution in [0.2, 0.25) is 10.0 Å². The molecule has 0 bridgehead atoms. The minimum atomic E-state index is -0.382. The molecule has 0 unspecified atom stereocenters. The van der Waals surface area contributed by atoms with Gasteiger partial charge in [-0.2, -0.15) is 0 Å². The van der Waals surface area contributed by atoms with Crippen LogP contribution in [-0.2, 0) is 11.3 Å². The fourth-order valence-corrected chi connectivity index (χ4v) is 5.44. The highest BCUT2D eigenvalue weighted by Crippen LogP contribution is 2.32. The summed E-state index contributed by atoms with van der Waals surface area (Å²) in [5.41, 5.74) is 6.46. The summed E-state index contributed by atoms with van der Waals surface area (Å²) in [5, 5.41) is 6.71. The number of urea groups is 1. The van der Waals surface area contributed by atoms with E-state index in [-0.39, 0.29) is 18.0 Å². The van der Waals surface area contributed by atoms with Gasteiger partial charge in [0.2, 0.25) is 0 Å². The third kappa shape index (κ3) is 8.41. The first-order valence-corrected chi connectivity index (χ1v) is 15.6. The molecule has 0 radical (unpaired) electrons. The maximum absolute atomic E-state index is 12.2. The third-order valence-corrected chi connectivity index (χ3v) is 7.83. The molecule has 1 aromatic heterocycles. The number of carbonyl (C=O) groups excluding carboxylic acids is 2. The van der Waals surface area contributed by atoms with E-state index in [2.05, 4.69) is 10.6 Å². The lowest BCUT2D eigenvalue weighted by molar-refractivity contribution is 0.0600. The van der Waals surface area contributed by atoms with Crippen molar-refractivity contribution in [2.45, 2.75) is 26.4 Å². The van der Waals surface area contributed by atoms with Gasteiger partial charge in [0.25, 0.3) is 0 Å². The fourth-order valence-electron chi connectivity index (χ4n) is 4.93. The third-order valence-electron chi connectivity index (χ3n) is 7.28. The largest absolute Gasteiger partial charge is 0.495 e. The molecule has 0 saturated carbocycles. The Kier molecular flexibility index (Phi) is 10.7. The van der Waals surface area contributed by atoms with Crippen LogP contribution in [-0.4, -0.2) is 41.8 Å². The van der Waals surface area contributed by atoms with E-state index in [1.54, 1.807) is 31.4 Å². The van der Waals surface area contributed by atoms with Gasteiger partial charge in [-0.1, -0.05) is 71.7 Å². The van der Waals surface area contributed by atoms with Gasteiger partial charge >= 0.3 is 12.0 Å². The van der Waals surface area contributed by atoms with Crippen molar-refractivity contribution in [1.82, 2.24) is 14.9 Å². The molecule has 47 heavy (non-hydrogen) atoms. The molecule has 5 aromatic rings. The number of halogens is 2. The number of imidazole rings is 1.